The van der Waals surface area contributed by atoms with Gasteiger partial charge in [-0.3, -0.25) is 14.6 Å². The van der Waals surface area contributed by atoms with Gasteiger partial charge in [0.25, 0.3) is 0 Å². The number of benzene rings is 1. The first-order chi connectivity index (χ1) is 18.8. The normalized spacial score (nSPS) is 16.1. The van der Waals surface area contributed by atoms with E-state index >= 15 is 0 Å². The molecule has 4 heterocycles. The molecule has 0 saturated carbocycles. The first-order valence-corrected chi connectivity index (χ1v) is 14.7. The fourth-order valence-corrected chi connectivity index (χ4v) is 5.44. The van der Waals surface area contributed by atoms with E-state index in [4.69, 9.17) is 4.74 Å². The van der Waals surface area contributed by atoms with Crippen LogP contribution in [0.15, 0.2) is 59.9 Å². The standard InChI is InChI=1S/C29H30N4O6S/c1-29(2,28(35)36)14-17-5-7-21(30-15-17)23-11-18-12-25(39-19-6-9-26(31-16-19)40(4,37)38)20(13-22(18)32-23)24-8-10-27(34)33(24)3/h5-7,9,11-13,15-16,24,32H,8,10,14H2,1-4H3,(H,35,36). The fraction of sp³-hybridized carbons (Fsp3) is 0.310. The molecule has 1 atom stereocenters. The number of carbonyl (C=O) groups excluding carboxylic acids is 1. The van der Waals surface area contributed by atoms with Crippen LogP contribution < -0.4 is 4.74 Å². The zero-order valence-electron chi connectivity index (χ0n) is 22.6. The number of likely N-dealkylation sites (tertiary alicyclic amines) is 1. The van der Waals surface area contributed by atoms with Gasteiger partial charge in [-0.25, -0.2) is 13.4 Å². The molecule has 4 aromatic rings. The van der Waals surface area contributed by atoms with Crippen molar-refractivity contribution in [3.05, 3.63) is 66.0 Å². The highest BCUT2D eigenvalue weighted by Crippen LogP contribution is 2.41. The molecule has 11 heteroatoms. The van der Waals surface area contributed by atoms with E-state index < -0.39 is 21.2 Å². The average molecular weight is 563 g/mol. The Morgan fingerprint density at radius 1 is 1.15 bits per heavy atom. The number of nitrogens with one attached hydrogen (secondary N) is 1. The molecule has 1 fully saturated rings. The molecular weight excluding hydrogens is 532 g/mol. The molecule has 0 spiro atoms. The van der Waals surface area contributed by atoms with Crippen LogP contribution in [0, 0.1) is 5.41 Å². The zero-order chi connectivity index (χ0) is 28.8. The third kappa shape index (κ3) is 5.42. The van der Waals surface area contributed by atoms with Crippen LogP contribution in [0.5, 0.6) is 11.5 Å². The number of fused-ring (bicyclic) bond motifs is 1. The number of aromatic nitrogens is 3. The van der Waals surface area contributed by atoms with Gasteiger partial charge in [0.05, 0.1) is 29.0 Å². The van der Waals surface area contributed by atoms with Crippen molar-refractivity contribution in [3.63, 3.8) is 0 Å². The minimum absolute atomic E-state index is 0.0445. The van der Waals surface area contributed by atoms with Gasteiger partial charge >= 0.3 is 5.97 Å². The maximum atomic E-state index is 12.3. The molecule has 208 valence electrons. The number of nitrogens with zero attached hydrogens (tertiary/aromatic N) is 3. The van der Waals surface area contributed by atoms with Crippen LogP contribution in [0.1, 0.15) is 43.9 Å². The summed E-state index contributed by atoms with van der Waals surface area (Å²) < 4.78 is 29.8. The number of carbonyl (C=O) groups is 2. The number of pyridine rings is 2. The van der Waals surface area contributed by atoms with Crippen LogP contribution in [-0.4, -0.2) is 58.6 Å². The van der Waals surface area contributed by atoms with Gasteiger partial charge in [0.1, 0.15) is 11.5 Å². The molecular formula is C29H30N4O6S. The van der Waals surface area contributed by atoms with Gasteiger partial charge < -0.3 is 19.7 Å². The van der Waals surface area contributed by atoms with Crippen molar-refractivity contribution < 1.29 is 27.9 Å². The lowest BCUT2D eigenvalue weighted by Crippen LogP contribution is -2.26. The molecule has 1 aliphatic heterocycles. The molecule has 40 heavy (non-hydrogen) atoms. The van der Waals surface area contributed by atoms with Gasteiger partial charge in [-0.15, -0.1) is 0 Å². The summed E-state index contributed by atoms with van der Waals surface area (Å²) in [5.74, 6) is 0.102. The summed E-state index contributed by atoms with van der Waals surface area (Å²) in [6.07, 6.45) is 5.60. The van der Waals surface area contributed by atoms with Crippen LogP contribution in [0.3, 0.4) is 0 Å². The van der Waals surface area contributed by atoms with Gasteiger partial charge in [-0.1, -0.05) is 6.07 Å². The number of ether oxygens (including phenoxy) is 1. The number of carboxylic acid groups (broad SMARTS) is 1. The molecule has 5 rings (SSSR count). The van der Waals surface area contributed by atoms with E-state index in [0.29, 0.717) is 36.5 Å². The lowest BCUT2D eigenvalue weighted by Gasteiger charge is -2.23. The Labute approximate surface area is 232 Å². The number of hydrogen-bond donors (Lipinski definition) is 2. The molecule has 1 aliphatic rings. The second kappa shape index (κ2) is 10.1. The van der Waals surface area contributed by atoms with Crippen LogP contribution >= 0.6 is 0 Å². The Morgan fingerprint density at radius 3 is 2.50 bits per heavy atom. The molecule has 1 amide bonds. The lowest BCUT2D eigenvalue weighted by molar-refractivity contribution is -0.146. The molecule has 2 N–H and O–H groups in total. The van der Waals surface area contributed by atoms with Crippen molar-refractivity contribution in [2.24, 2.45) is 5.41 Å². The Bertz CT molecular complexity index is 1710. The highest BCUT2D eigenvalue weighted by molar-refractivity contribution is 7.90. The minimum Gasteiger partial charge on any atom is -0.481 e. The van der Waals surface area contributed by atoms with Gasteiger partial charge in [0.15, 0.2) is 14.9 Å². The van der Waals surface area contributed by atoms with Gasteiger partial charge in [-0.2, -0.15) is 0 Å². The summed E-state index contributed by atoms with van der Waals surface area (Å²) in [6, 6.07) is 12.3. The Kier molecular flexibility index (Phi) is 6.87. The second-order valence-electron chi connectivity index (χ2n) is 10.8. The maximum Gasteiger partial charge on any atom is 0.309 e. The van der Waals surface area contributed by atoms with Crippen LogP contribution in [0.4, 0.5) is 0 Å². The number of H-pyrrole nitrogens is 1. The number of amides is 1. The summed E-state index contributed by atoms with van der Waals surface area (Å²) in [5.41, 5.74) is 3.07. The fourth-order valence-electron chi connectivity index (χ4n) is 4.88. The maximum absolute atomic E-state index is 12.3. The zero-order valence-corrected chi connectivity index (χ0v) is 23.4. The van der Waals surface area contributed by atoms with Crippen molar-refractivity contribution in [2.75, 3.05) is 13.3 Å². The number of hydrogen-bond acceptors (Lipinski definition) is 7. The molecule has 10 nitrogen and oxygen atoms in total. The highest BCUT2D eigenvalue weighted by atomic mass is 32.2. The predicted octanol–water partition coefficient (Wildman–Crippen LogP) is 4.77. The predicted molar refractivity (Wildman–Crippen MR) is 149 cm³/mol. The number of sulfone groups is 1. The third-order valence-corrected chi connectivity index (χ3v) is 8.25. The van der Waals surface area contributed by atoms with Crippen LogP contribution in [-0.2, 0) is 25.8 Å². The molecule has 0 aliphatic carbocycles. The molecule has 1 saturated heterocycles. The second-order valence-corrected chi connectivity index (χ2v) is 12.8. The minimum atomic E-state index is -3.44. The summed E-state index contributed by atoms with van der Waals surface area (Å²) in [4.78, 5) is 37.5. The third-order valence-electron chi connectivity index (χ3n) is 7.25. The highest BCUT2D eigenvalue weighted by Gasteiger charge is 2.32. The SMILES string of the molecule is CN1C(=O)CCC1c1cc2[nH]c(-c3ccc(CC(C)(C)C(=O)O)cn3)cc2cc1Oc1ccc(S(C)(=O)=O)nc1. The summed E-state index contributed by atoms with van der Waals surface area (Å²) in [5, 5.41) is 10.2. The lowest BCUT2D eigenvalue weighted by atomic mass is 9.86. The van der Waals surface area contributed by atoms with Crippen molar-refractivity contribution in [3.8, 4) is 22.9 Å². The molecule has 0 bridgehead atoms. The van der Waals surface area contributed by atoms with E-state index in [1.165, 1.54) is 12.3 Å². The Hall–Kier alpha value is -4.25. The van der Waals surface area contributed by atoms with Gasteiger partial charge in [0, 0.05) is 42.4 Å². The topological polar surface area (TPSA) is 143 Å². The van der Waals surface area contributed by atoms with Gasteiger partial charge in [0.2, 0.25) is 5.91 Å². The Balaban J connectivity index is 1.50. The number of aromatic amines is 1. The van der Waals surface area contributed by atoms with E-state index in [-0.39, 0.29) is 17.0 Å². The summed E-state index contributed by atoms with van der Waals surface area (Å²) >= 11 is 0. The molecule has 3 aromatic heterocycles. The van der Waals surface area contributed by atoms with Gasteiger partial charge in [-0.05, 0) is 68.7 Å². The first-order valence-electron chi connectivity index (χ1n) is 12.8. The smallest absolute Gasteiger partial charge is 0.309 e. The first kappa shape index (κ1) is 27.3. The van der Waals surface area contributed by atoms with E-state index in [1.54, 1.807) is 38.1 Å². The van der Waals surface area contributed by atoms with Crippen molar-refractivity contribution in [2.45, 2.75) is 44.2 Å². The van der Waals surface area contributed by atoms with E-state index in [0.717, 1.165) is 34.0 Å². The Morgan fingerprint density at radius 2 is 1.93 bits per heavy atom. The van der Waals surface area contributed by atoms with Crippen molar-refractivity contribution in [1.82, 2.24) is 19.9 Å². The number of carboxylic acids is 1. The number of aliphatic carboxylic acids is 1. The molecule has 0 radical (unpaired) electrons. The van der Waals surface area contributed by atoms with Crippen LogP contribution in [0.25, 0.3) is 22.3 Å². The molecule has 1 aromatic carbocycles. The summed E-state index contributed by atoms with van der Waals surface area (Å²) in [6.45, 7) is 3.37. The largest absolute Gasteiger partial charge is 0.481 e. The van der Waals surface area contributed by atoms with Crippen molar-refractivity contribution >= 4 is 32.6 Å². The summed E-state index contributed by atoms with van der Waals surface area (Å²) in [7, 11) is -1.67. The van der Waals surface area contributed by atoms with Crippen LogP contribution in [0.2, 0.25) is 0 Å². The average Bonchev–Trinajstić information content (AvgIpc) is 3.46. The quantitative estimate of drug-likeness (QED) is 0.313. The monoisotopic (exact) mass is 562 g/mol. The molecule has 1 unspecified atom stereocenters. The van der Waals surface area contributed by atoms with Crippen molar-refractivity contribution in [1.29, 1.82) is 0 Å². The number of rotatable bonds is 8. The van der Waals surface area contributed by atoms with E-state index in [1.807, 2.05) is 30.3 Å². The van der Waals surface area contributed by atoms with E-state index in [2.05, 4.69) is 15.0 Å². The van der Waals surface area contributed by atoms with E-state index in [9.17, 15) is 23.1 Å².